The van der Waals surface area contributed by atoms with Gasteiger partial charge in [-0.05, 0) is 31.2 Å². The highest BCUT2D eigenvalue weighted by atomic mass is 16.5. The number of rotatable bonds is 7. The molecule has 0 aliphatic carbocycles. The molecule has 0 radical (unpaired) electrons. The average Bonchev–Trinajstić information content (AvgIpc) is 2.74. The molecule has 6 nitrogen and oxygen atoms in total. The quantitative estimate of drug-likeness (QED) is 0.800. The first-order valence-corrected chi connectivity index (χ1v) is 9.69. The Labute approximate surface area is 166 Å². The lowest BCUT2D eigenvalue weighted by atomic mass is 10.2. The number of ether oxygens (including phenoxy) is 1. The van der Waals surface area contributed by atoms with Crippen LogP contribution < -0.4 is 15.0 Å². The van der Waals surface area contributed by atoms with E-state index in [-0.39, 0.29) is 24.8 Å². The molecule has 1 heterocycles. The monoisotopic (exact) mass is 381 g/mol. The maximum Gasteiger partial charge on any atom is 0.244 e. The van der Waals surface area contributed by atoms with Gasteiger partial charge in [0, 0.05) is 31.9 Å². The highest BCUT2D eigenvalue weighted by Gasteiger charge is 2.25. The first-order valence-electron chi connectivity index (χ1n) is 9.69. The molecule has 0 aromatic heterocycles. The molecule has 0 bridgehead atoms. The van der Waals surface area contributed by atoms with Crippen LogP contribution in [0.5, 0.6) is 5.75 Å². The molecule has 0 saturated carbocycles. The number of hydrogen-bond acceptors (Lipinski definition) is 4. The van der Waals surface area contributed by atoms with Crippen LogP contribution in [0.3, 0.4) is 0 Å². The Kier molecular flexibility index (Phi) is 6.89. The van der Waals surface area contributed by atoms with Crippen LogP contribution in [0.25, 0.3) is 0 Å². The van der Waals surface area contributed by atoms with Gasteiger partial charge in [0.25, 0.3) is 0 Å². The smallest absolute Gasteiger partial charge is 0.244 e. The van der Waals surface area contributed by atoms with Crippen molar-refractivity contribution in [2.75, 3.05) is 37.7 Å². The van der Waals surface area contributed by atoms with Crippen LogP contribution in [0.2, 0.25) is 0 Å². The summed E-state index contributed by atoms with van der Waals surface area (Å²) in [6.07, 6.45) is 0.217. The summed E-state index contributed by atoms with van der Waals surface area (Å²) in [6, 6.07) is 19.0. The van der Waals surface area contributed by atoms with Crippen LogP contribution in [0.15, 0.2) is 60.7 Å². The van der Waals surface area contributed by atoms with Gasteiger partial charge in [0.05, 0.1) is 13.0 Å². The highest BCUT2D eigenvalue weighted by Crippen LogP contribution is 2.16. The highest BCUT2D eigenvalue weighted by molar-refractivity contribution is 5.87. The molecule has 0 unspecified atom stereocenters. The fourth-order valence-electron chi connectivity index (χ4n) is 3.25. The molecule has 28 heavy (non-hydrogen) atoms. The Balaban J connectivity index is 1.39. The van der Waals surface area contributed by atoms with E-state index in [4.69, 9.17) is 4.74 Å². The summed E-state index contributed by atoms with van der Waals surface area (Å²) in [7, 11) is 0. The second-order valence-corrected chi connectivity index (χ2v) is 6.85. The van der Waals surface area contributed by atoms with Crippen molar-refractivity contribution in [1.29, 1.82) is 0 Å². The van der Waals surface area contributed by atoms with Gasteiger partial charge >= 0.3 is 0 Å². The van der Waals surface area contributed by atoms with Gasteiger partial charge in [-0.1, -0.05) is 36.4 Å². The molecular weight excluding hydrogens is 354 g/mol. The van der Waals surface area contributed by atoms with Gasteiger partial charge in [0.15, 0.2) is 0 Å². The fourth-order valence-corrected chi connectivity index (χ4v) is 3.25. The van der Waals surface area contributed by atoms with Crippen LogP contribution in [0.1, 0.15) is 13.3 Å². The molecule has 1 aliphatic rings. The molecule has 1 saturated heterocycles. The number of anilines is 1. The summed E-state index contributed by atoms with van der Waals surface area (Å²) in [5.41, 5.74) is 1.18. The molecule has 1 aliphatic heterocycles. The molecule has 2 aromatic carbocycles. The Morgan fingerprint density at radius 2 is 1.57 bits per heavy atom. The summed E-state index contributed by atoms with van der Waals surface area (Å²) < 4.78 is 5.53. The van der Waals surface area contributed by atoms with Crippen LogP contribution in [0, 0.1) is 0 Å². The van der Waals surface area contributed by atoms with Crippen LogP contribution >= 0.6 is 0 Å². The van der Waals surface area contributed by atoms with E-state index in [0.717, 1.165) is 18.8 Å². The van der Waals surface area contributed by atoms with Gasteiger partial charge in [0.2, 0.25) is 11.8 Å². The van der Waals surface area contributed by atoms with Gasteiger partial charge in [-0.3, -0.25) is 9.59 Å². The summed E-state index contributed by atoms with van der Waals surface area (Å²) in [5.74, 6) is 0.514. The Bertz CT molecular complexity index is 759. The van der Waals surface area contributed by atoms with Crippen LogP contribution in [0.4, 0.5) is 5.69 Å². The topological polar surface area (TPSA) is 61.9 Å². The zero-order chi connectivity index (χ0) is 19.8. The normalized spacial score (nSPS) is 15.0. The lowest BCUT2D eigenvalue weighted by Crippen LogP contribution is -2.54. The SMILES string of the molecule is C[C@H](NC(=O)CCOc1ccccc1)C(=O)N1CCN(c2ccccc2)CC1. The molecule has 0 spiro atoms. The van der Waals surface area contributed by atoms with Crippen molar-refractivity contribution < 1.29 is 14.3 Å². The van der Waals surface area contributed by atoms with Crippen molar-refractivity contribution in [2.24, 2.45) is 0 Å². The largest absolute Gasteiger partial charge is 0.493 e. The maximum absolute atomic E-state index is 12.6. The molecule has 2 aromatic rings. The van der Waals surface area contributed by atoms with Crippen molar-refractivity contribution in [3.63, 3.8) is 0 Å². The predicted octanol–water partition coefficient (Wildman–Crippen LogP) is 2.31. The molecule has 1 fully saturated rings. The second kappa shape index (κ2) is 9.78. The van der Waals surface area contributed by atoms with Crippen LogP contribution in [-0.2, 0) is 9.59 Å². The van der Waals surface area contributed by atoms with E-state index in [1.54, 1.807) is 6.92 Å². The van der Waals surface area contributed by atoms with Gasteiger partial charge in [-0.25, -0.2) is 0 Å². The molecule has 1 N–H and O–H groups in total. The number of para-hydroxylation sites is 2. The van der Waals surface area contributed by atoms with Crippen LogP contribution in [-0.4, -0.2) is 55.5 Å². The van der Waals surface area contributed by atoms with E-state index in [1.807, 2.05) is 53.4 Å². The van der Waals surface area contributed by atoms with Crippen molar-refractivity contribution in [2.45, 2.75) is 19.4 Å². The number of carbonyl (C=O) groups is 2. The first-order chi connectivity index (χ1) is 13.6. The third-order valence-electron chi connectivity index (χ3n) is 4.80. The number of carbonyl (C=O) groups excluding carboxylic acids is 2. The second-order valence-electron chi connectivity index (χ2n) is 6.85. The standard InChI is InChI=1S/C22H27N3O3/c1-18(23-21(26)12-17-28-20-10-6-3-7-11-20)22(27)25-15-13-24(14-16-25)19-8-4-2-5-9-19/h2-11,18H,12-17H2,1H3,(H,23,26)/t18-/m0/s1. The summed E-state index contributed by atoms with van der Waals surface area (Å²) in [6.45, 7) is 4.92. The molecule has 3 rings (SSSR count). The third kappa shape index (κ3) is 5.49. The van der Waals surface area contributed by atoms with Gasteiger partial charge in [-0.15, -0.1) is 0 Å². The Hall–Kier alpha value is -3.02. The van der Waals surface area contributed by atoms with Crippen molar-refractivity contribution in [3.05, 3.63) is 60.7 Å². The number of nitrogens with zero attached hydrogens (tertiary/aromatic N) is 2. The van der Waals surface area contributed by atoms with E-state index in [9.17, 15) is 9.59 Å². The number of benzene rings is 2. The van der Waals surface area contributed by atoms with E-state index in [1.165, 1.54) is 5.69 Å². The minimum absolute atomic E-state index is 0.0370. The Morgan fingerprint density at radius 3 is 2.21 bits per heavy atom. The van der Waals surface area contributed by atoms with E-state index < -0.39 is 6.04 Å². The molecule has 6 heteroatoms. The van der Waals surface area contributed by atoms with E-state index in [0.29, 0.717) is 13.1 Å². The fraction of sp³-hybridized carbons (Fsp3) is 0.364. The van der Waals surface area contributed by atoms with Crippen molar-refractivity contribution >= 4 is 17.5 Å². The number of piperazine rings is 1. The molecule has 1 atom stereocenters. The molecule has 2 amide bonds. The molecular formula is C22H27N3O3. The summed E-state index contributed by atoms with van der Waals surface area (Å²) in [4.78, 5) is 28.8. The van der Waals surface area contributed by atoms with E-state index >= 15 is 0 Å². The zero-order valence-electron chi connectivity index (χ0n) is 16.2. The van der Waals surface area contributed by atoms with Crippen molar-refractivity contribution in [3.8, 4) is 5.75 Å². The van der Waals surface area contributed by atoms with Gasteiger partial charge in [-0.2, -0.15) is 0 Å². The predicted molar refractivity (Wildman–Crippen MR) is 109 cm³/mol. The zero-order valence-corrected chi connectivity index (χ0v) is 16.2. The number of amides is 2. The maximum atomic E-state index is 12.6. The first kappa shape index (κ1) is 19.7. The lowest BCUT2D eigenvalue weighted by Gasteiger charge is -2.37. The summed E-state index contributed by atoms with van der Waals surface area (Å²) >= 11 is 0. The van der Waals surface area contributed by atoms with E-state index in [2.05, 4.69) is 22.3 Å². The minimum Gasteiger partial charge on any atom is -0.493 e. The number of hydrogen-bond donors (Lipinski definition) is 1. The molecule has 148 valence electrons. The average molecular weight is 381 g/mol. The van der Waals surface area contributed by atoms with Gasteiger partial charge < -0.3 is 19.9 Å². The minimum atomic E-state index is -0.535. The summed E-state index contributed by atoms with van der Waals surface area (Å²) in [5, 5.41) is 2.78. The number of nitrogens with one attached hydrogen (secondary N) is 1. The lowest BCUT2D eigenvalue weighted by molar-refractivity contribution is -0.136. The van der Waals surface area contributed by atoms with Gasteiger partial charge in [0.1, 0.15) is 11.8 Å². The Morgan fingerprint density at radius 1 is 0.964 bits per heavy atom. The third-order valence-corrected chi connectivity index (χ3v) is 4.80. The van der Waals surface area contributed by atoms with Crippen molar-refractivity contribution in [1.82, 2.24) is 10.2 Å².